The van der Waals surface area contributed by atoms with Gasteiger partial charge in [-0.25, -0.2) is 9.59 Å². The molecule has 0 unspecified atom stereocenters. The SMILES string of the molecule is CN1CCN(Cc2cccc(Br)c2)C1=O.CN1CCNC1=O. The first-order valence-corrected chi connectivity index (χ1v) is 8.00. The zero-order valence-corrected chi connectivity index (χ0v) is 14.5. The van der Waals surface area contributed by atoms with Crippen molar-refractivity contribution in [1.29, 1.82) is 0 Å². The number of halogens is 1. The molecular formula is C15H21BrN4O2. The van der Waals surface area contributed by atoms with Crippen LogP contribution in [0.2, 0.25) is 0 Å². The van der Waals surface area contributed by atoms with Crippen LogP contribution in [0.15, 0.2) is 28.7 Å². The van der Waals surface area contributed by atoms with Crippen LogP contribution in [0.5, 0.6) is 0 Å². The number of nitrogens with one attached hydrogen (secondary N) is 1. The van der Waals surface area contributed by atoms with E-state index in [4.69, 9.17) is 0 Å². The van der Waals surface area contributed by atoms with Gasteiger partial charge >= 0.3 is 12.1 Å². The highest BCUT2D eigenvalue weighted by molar-refractivity contribution is 9.10. The maximum absolute atomic E-state index is 11.6. The fraction of sp³-hybridized carbons (Fsp3) is 0.467. The van der Waals surface area contributed by atoms with Crippen LogP contribution in [0.25, 0.3) is 0 Å². The summed E-state index contributed by atoms with van der Waals surface area (Å²) in [5.41, 5.74) is 1.16. The summed E-state index contributed by atoms with van der Waals surface area (Å²) in [6.45, 7) is 3.99. The minimum Gasteiger partial charge on any atom is -0.336 e. The molecule has 0 bridgehead atoms. The molecule has 3 rings (SSSR count). The molecule has 0 atom stereocenters. The van der Waals surface area contributed by atoms with E-state index in [0.29, 0.717) is 6.54 Å². The molecule has 120 valence electrons. The third kappa shape index (κ3) is 4.37. The average Bonchev–Trinajstić information content (AvgIpc) is 3.00. The summed E-state index contributed by atoms with van der Waals surface area (Å²) < 4.78 is 1.06. The number of benzene rings is 1. The zero-order valence-electron chi connectivity index (χ0n) is 12.9. The number of nitrogens with zero attached hydrogens (tertiary/aromatic N) is 3. The number of amides is 4. The molecule has 2 aliphatic rings. The maximum Gasteiger partial charge on any atom is 0.320 e. The van der Waals surface area contributed by atoms with Crippen molar-refractivity contribution >= 4 is 28.0 Å². The zero-order chi connectivity index (χ0) is 16.1. The van der Waals surface area contributed by atoms with Crippen LogP contribution in [0.3, 0.4) is 0 Å². The van der Waals surface area contributed by atoms with Crippen molar-refractivity contribution in [1.82, 2.24) is 20.0 Å². The van der Waals surface area contributed by atoms with Crippen molar-refractivity contribution in [3.8, 4) is 0 Å². The molecule has 1 aromatic carbocycles. The molecule has 2 saturated heterocycles. The van der Waals surface area contributed by atoms with Crippen molar-refractivity contribution in [2.45, 2.75) is 6.54 Å². The summed E-state index contributed by atoms with van der Waals surface area (Å²) >= 11 is 3.42. The number of hydrogen-bond acceptors (Lipinski definition) is 2. The first kappa shape index (κ1) is 16.6. The Balaban J connectivity index is 0.000000211. The number of hydrogen-bond donors (Lipinski definition) is 1. The Bertz CT molecular complexity index is 552. The van der Waals surface area contributed by atoms with Gasteiger partial charge in [0.1, 0.15) is 0 Å². The second kappa shape index (κ2) is 7.49. The van der Waals surface area contributed by atoms with Gasteiger partial charge in [-0.05, 0) is 17.7 Å². The molecule has 0 radical (unpaired) electrons. The summed E-state index contributed by atoms with van der Waals surface area (Å²) in [6.07, 6.45) is 0. The fourth-order valence-electron chi connectivity index (χ4n) is 2.27. The van der Waals surface area contributed by atoms with Gasteiger partial charge in [0.15, 0.2) is 0 Å². The van der Waals surface area contributed by atoms with Crippen LogP contribution >= 0.6 is 15.9 Å². The lowest BCUT2D eigenvalue weighted by atomic mass is 10.2. The number of carbonyl (C=O) groups is 2. The molecule has 7 heteroatoms. The summed E-state index contributed by atoms with van der Waals surface area (Å²) in [7, 11) is 3.62. The summed E-state index contributed by atoms with van der Waals surface area (Å²) in [5, 5.41) is 2.66. The first-order chi connectivity index (χ1) is 10.5. The van der Waals surface area contributed by atoms with Crippen molar-refractivity contribution in [3.05, 3.63) is 34.3 Å². The maximum atomic E-state index is 11.6. The van der Waals surface area contributed by atoms with E-state index >= 15 is 0 Å². The van der Waals surface area contributed by atoms with Gasteiger partial charge < -0.3 is 20.0 Å². The predicted octanol–water partition coefficient (Wildman–Crippen LogP) is 1.96. The molecule has 6 nitrogen and oxygen atoms in total. The quantitative estimate of drug-likeness (QED) is 0.867. The van der Waals surface area contributed by atoms with Gasteiger partial charge in [0, 0.05) is 51.3 Å². The minimum atomic E-state index is 0.0417. The van der Waals surface area contributed by atoms with Gasteiger partial charge in [-0.2, -0.15) is 0 Å². The lowest BCUT2D eigenvalue weighted by molar-refractivity contribution is 0.197. The average molecular weight is 369 g/mol. The van der Waals surface area contributed by atoms with Crippen LogP contribution in [-0.4, -0.2) is 67.0 Å². The predicted molar refractivity (Wildman–Crippen MR) is 88.6 cm³/mol. The first-order valence-electron chi connectivity index (χ1n) is 7.21. The van der Waals surface area contributed by atoms with E-state index in [1.807, 2.05) is 36.2 Å². The highest BCUT2D eigenvalue weighted by Crippen LogP contribution is 2.15. The van der Waals surface area contributed by atoms with E-state index in [1.165, 1.54) is 0 Å². The molecule has 1 N–H and O–H groups in total. The topological polar surface area (TPSA) is 55.9 Å². The monoisotopic (exact) mass is 368 g/mol. The van der Waals surface area contributed by atoms with Crippen LogP contribution in [0, 0.1) is 0 Å². The Hall–Kier alpha value is -1.76. The standard InChI is InChI=1S/C11H13BrN2O.C4H8N2O/c1-13-5-6-14(11(13)15)8-9-3-2-4-10(12)7-9;1-6-3-2-5-4(6)7/h2-4,7H,5-6,8H2,1H3;2-3H2,1H3,(H,5,7). The highest BCUT2D eigenvalue weighted by Gasteiger charge is 2.24. The third-order valence-corrected chi connectivity index (χ3v) is 4.13. The van der Waals surface area contributed by atoms with E-state index in [9.17, 15) is 9.59 Å². The summed E-state index contributed by atoms with van der Waals surface area (Å²) in [4.78, 5) is 27.3. The van der Waals surface area contributed by atoms with Crippen LogP contribution in [0.4, 0.5) is 9.59 Å². The van der Waals surface area contributed by atoms with E-state index in [1.54, 1.807) is 16.8 Å². The minimum absolute atomic E-state index is 0.0417. The number of rotatable bonds is 2. The molecule has 4 amide bonds. The Labute approximate surface area is 139 Å². The van der Waals surface area contributed by atoms with Gasteiger partial charge in [0.2, 0.25) is 0 Å². The smallest absolute Gasteiger partial charge is 0.320 e. The number of carbonyl (C=O) groups excluding carboxylic acids is 2. The van der Waals surface area contributed by atoms with E-state index in [-0.39, 0.29) is 12.1 Å². The van der Waals surface area contributed by atoms with E-state index in [2.05, 4.69) is 21.2 Å². The largest absolute Gasteiger partial charge is 0.336 e. The van der Waals surface area contributed by atoms with Gasteiger partial charge in [-0.1, -0.05) is 28.1 Å². The van der Waals surface area contributed by atoms with Crippen molar-refractivity contribution in [2.75, 3.05) is 40.3 Å². The Morgan fingerprint density at radius 1 is 1.14 bits per heavy atom. The van der Waals surface area contributed by atoms with Crippen LogP contribution in [0.1, 0.15) is 5.56 Å². The van der Waals surface area contributed by atoms with Crippen LogP contribution in [-0.2, 0) is 6.54 Å². The second-order valence-corrected chi connectivity index (χ2v) is 6.32. The molecule has 2 aliphatic heterocycles. The second-order valence-electron chi connectivity index (χ2n) is 5.41. The molecule has 2 fully saturated rings. The van der Waals surface area contributed by atoms with E-state index < -0.39 is 0 Å². The highest BCUT2D eigenvalue weighted by atomic mass is 79.9. The van der Waals surface area contributed by atoms with Crippen molar-refractivity contribution in [2.24, 2.45) is 0 Å². The molecule has 0 saturated carbocycles. The Morgan fingerprint density at radius 2 is 1.91 bits per heavy atom. The molecule has 0 aliphatic carbocycles. The van der Waals surface area contributed by atoms with Crippen molar-refractivity contribution < 1.29 is 9.59 Å². The fourth-order valence-corrected chi connectivity index (χ4v) is 2.72. The van der Waals surface area contributed by atoms with Gasteiger partial charge in [0.05, 0.1) is 0 Å². The number of likely N-dealkylation sites (N-methyl/N-ethyl adjacent to an activating group) is 2. The van der Waals surface area contributed by atoms with Gasteiger partial charge in [-0.3, -0.25) is 0 Å². The van der Waals surface area contributed by atoms with E-state index in [0.717, 1.165) is 36.2 Å². The normalized spacial score (nSPS) is 17.5. The molecule has 22 heavy (non-hydrogen) atoms. The lowest BCUT2D eigenvalue weighted by Gasteiger charge is -2.15. The molecule has 2 heterocycles. The Morgan fingerprint density at radius 3 is 2.36 bits per heavy atom. The molecule has 0 aromatic heterocycles. The Kier molecular flexibility index (Phi) is 5.65. The van der Waals surface area contributed by atoms with Gasteiger partial charge in [-0.15, -0.1) is 0 Å². The number of urea groups is 2. The van der Waals surface area contributed by atoms with Gasteiger partial charge in [0.25, 0.3) is 0 Å². The summed E-state index contributed by atoms with van der Waals surface area (Å²) in [6, 6.07) is 8.22. The molecule has 1 aromatic rings. The molecular weight excluding hydrogens is 348 g/mol. The molecule has 0 spiro atoms. The van der Waals surface area contributed by atoms with Crippen LogP contribution < -0.4 is 5.32 Å². The lowest BCUT2D eigenvalue weighted by Crippen LogP contribution is -2.28. The summed E-state index contributed by atoms with van der Waals surface area (Å²) in [5.74, 6) is 0. The van der Waals surface area contributed by atoms with Crippen molar-refractivity contribution in [3.63, 3.8) is 0 Å². The third-order valence-electron chi connectivity index (χ3n) is 3.63.